The van der Waals surface area contributed by atoms with Crippen molar-refractivity contribution in [3.8, 4) is 0 Å². The lowest BCUT2D eigenvalue weighted by Gasteiger charge is -2.06. The molecule has 0 spiro atoms. The first-order valence-corrected chi connectivity index (χ1v) is 6.75. The molecular weight excluding hydrogens is 300 g/mol. The molecule has 17 heavy (non-hydrogen) atoms. The lowest BCUT2D eigenvalue weighted by Crippen LogP contribution is -2.03. The Labute approximate surface area is 110 Å². The van der Waals surface area contributed by atoms with E-state index in [1.54, 1.807) is 17.5 Å². The van der Waals surface area contributed by atoms with Gasteiger partial charge in [-0.3, -0.25) is 0 Å². The Morgan fingerprint density at radius 1 is 1.47 bits per heavy atom. The number of nitrogens with zero attached hydrogens (tertiary/aromatic N) is 3. The number of fused-ring (bicyclic) bond motifs is 1. The summed E-state index contributed by atoms with van der Waals surface area (Å²) in [6, 6.07) is 4.14. The number of halogens is 1. The van der Waals surface area contributed by atoms with Crippen molar-refractivity contribution in [1.29, 1.82) is 0 Å². The first-order chi connectivity index (χ1) is 8.33. The van der Waals surface area contributed by atoms with Gasteiger partial charge in [-0.1, -0.05) is 6.07 Å². The molecule has 1 N–H and O–H groups in total. The van der Waals surface area contributed by atoms with E-state index in [-0.39, 0.29) is 0 Å². The predicted molar refractivity (Wildman–Crippen MR) is 72.3 cm³/mol. The number of hydrogen-bond acceptors (Lipinski definition) is 4. The molecular formula is C11H9BrN4S. The Morgan fingerprint density at radius 2 is 2.41 bits per heavy atom. The van der Waals surface area contributed by atoms with Gasteiger partial charge >= 0.3 is 0 Å². The second-order valence-electron chi connectivity index (χ2n) is 3.50. The largest absolute Gasteiger partial charge is 0.362 e. The molecule has 3 heterocycles. The third-order valence-electron chi connectivity index (χ3n) is 2.35. The summed E-state index contributed by atoms with van der Waals surface area (Å²) in [6.45, 7) is 0.768. The van der Waals surface area contributed by atoms with E-state index in [9.17, 15) is 0 Å². The number of thiophene rings is 1. The summed E-state index contributed by atoms with van der Waals surface area (Å²) in [5, 5.41) is 5.37. The lowest BCUT2D eigenvalue weighted by molar-refractivity contribution is 1.06. The number of aromatic nitrogens is 3. The topological polar surface area (TPSA) is 42.2 Å². The van der Waals surface area contributed by atoms with Crippen molar-refractivity contribution < 1.29 is 0 Å². The van der Waals surface area contributed by atoms with Crippen LogP contribution in [-0.2, 0) is 6.54 Å². The highest BCUT2D eigenvalue weighted by Crippen LogP contribution is 2.18. The predicted octanol–water partition coefficient (Wildman–Crippen LogP) is 3.17. The molecule has 3 rings (SSSR count). The molecule has 0 bridgehead atoms. The molecule has 0 fully saturated rings. The fourth-order valence-electron chi connectivity index (χ4n) is 1.60. The molecule has 0 aliphatic carbocycles. The molecule has 0 amide bonds. The van der Waals surface area contributed by atoms with Gasteiger partial charge in [0.25, 0.3) is 0 Å². The fourth-order valence-corrected chi connectivity index (χ4v) is 2.65. The van der Waals surface area contributed by atoms with Crippen LogP contribution in [0.25, 0.3) is 5.65 Å². The van der Waals surface area contributed by atoms with E-state index < -0.39 is 0 Å². The van der Waals surface area contributed by atoms with Gasteiger partial charge in [0.15, 0.2) is 11.5 Å². The lowest BCUT2D eigenvalue weighted by atomic mass is 10.4. The van der Waals surface area contributed by atoms with E-state index in [0.717, 1.165) is 22.6 Å². The summed E-state index contributed by atoms with van der Waals surface area (Å²) in [5.74, 6) is 0.790. The van der Waals surface area contributed by atoms with Gasteiger partial charge in [0.2, 0.25) is 0 Å². The molecule has 0 saturated heterocycles. The number of hydrogen-bond donors (Lipinski definition) is 1. The highest BCUT2D eigenvalue weighted by atomic mass is 79.9. The summed E-state index contributed by atoms with van der Waals surface area (Å²) >= 11 is 5.11. The van der Waals surface area contributed by atoms with Crippen LogP contribution in [0.4, 0.5) is 5.82 Å². The van der Waals surface area contributed by atoms with Crippen molar-refractivity contribution in [2.24, 2.45) is 0 Å². The van der Waals surface area contributed by atoms with Crippen LogP contribution in [-0.4, -0.2) is 14.4 Å². The van der Waals surface area contributed by atoms with Gasteiger partial charge in [-0.15, -0.1) is 11.3 Å². The van der Waals surface area contributed by atoms with Crippen LogP contribution in [0.2, 0.25) is 0 Å². The Bertz CT molecular complexity index is 632. The maximum atomic E-state index is 4.40. The molecule has 6 heteroatoms. The van der Waals surface area contributed by atoms with Crippen molar-refractivity contribution in [1.82, 2.24) is 14.4 Å². The van der Waals surface area contributed by atoms with Crippen LogP contribution < -0.4 is 5.32 Å². The van der Waals surface area contributed by atoms with Gasteiger partial charge in [-0.2, -0.15) is 0 Å². The van der Waals surface area contributed by atoms with Crippen LogP contribution in [0.15, 0.2) is 40.7 Å². The van der Waals surface area contributed by atoms with Crippen LogP contribution in [0.1, 0.15) is 4.88 Å². The van der Waals surface area contributed by atoms with Crippen LogP contribution in [0.5, 0.6) is 0 Å². The molecule has 86 valence electrons. The third-order valence-corrected chi connectivity index (χ3v) is 3.61. The van der Waals surface area contributed by atoms with E-state index in [2.05, 4.69) is 42.7 Å². The highest BCUT2D eigenvalue weighted by molar-refractivity contribution is 9.10. The number of rotatable bonds is 3. The minimum absolute atomic E-state index is 0.768. The standard InChI is InChI=1S/C11H9BrN4S/c12-9-7-16-4-3-13-11(16)10(15-9)14-6-8-2-1-5-17-8/h1-5,7H,6H2,(H,14,15). The van der Waals surface area contributed by atoms with Crippen LogP contribution in [0, 0.1) is 0 Å². The average Bonchev–Trinajstić information content (AvgIpc) is 2.95. The summed E-state index contributed by atoms with van der Waals surface area (Å²) < 4.78 is 2.73. The third kappa shape index (κ3) is 2.18. The average molecular weight is 309 g/mol. The molecule has 0 radical (unpaired) electrons. The number of nitrogens with one attached hydrogen (secondary N) is 1. The Morgan fingerprint density at radius 3 is 3.24 bits per heavy atom. The number of anilines is 1. The molecule has 0 saturated carbocycles. The second-order valence-corrected chi connectivity index (χ2v) is 5.35. The Balaban J connectivity index is 1.91. The zero-order valence-electron chi connectivity index (χ0n) is 8.80. The Kier molecular flexibility index (Phi) is 2.82. The van der Waals surface area contributed by atoms with Gasteiger partial charge in [0, 0.05) is 23.5 Å². The van der Waals surface area contributed by atoms with Crippen molar-refractivity contribution in [3.05, 3.63) is 45.6 Å². The SMILES string of the molecule is Brc1cn2ccnc2c(NCc2cccs2)n1. The minimum Gasteiger partial charge on any atom is -0.362 e. The highest BCUT2D eigenvalue weighted by Gasteiger charge is 2.06. The first kappa shape index (κ1) is 10.7. The van der Waals surface area contributed by atoms with E-state index in [4.69, 9.17) is 0 Å². The van der Waals surface area contributed by atoms with Crippen LogP contribution >= 0.6 is 27.3 Å². The van der Waals surface area contributed by atoms with Crippen molar-refractivity contribution in [2.75, 3.05) is 5.32 Å². The molecule has 3 aromatic rings. The zero-order chi connectivity index (χ0) is 11.7. The molecule has 0 aliphatic rings. The maximum Gasteiger partial charge on any atom is 0.180 e. The van der Waals surface area contributed by atoms with Gasteiger partial charge in [0.1, 0.15) is 4.60 Å². The van der Waals surface area contributed by atoms with E-state index in [1.165, 1.54) is 4.88 Å². The quantitative estimate of drug-likeness (QED) is 0.808. The molecule has 0 atom stereocenters. The maximum absolute atomic E-state index is 4.40. The fraction of sp³-hybridized carbons (Fsp3) is 0.0909. The molecule has 3 aromatic heterocycles. The van der Waals surface area contributed by atoms with E-state index in [1.807, 2.05) is 22.9 Å². The van der Waals surface area contributed by atoms with Crippen LogP contribution in [0.3, 0.4) is 0 Å². The molecule has 0 aromatic carbocycles. The van der Waals surface area contributed by atoms with Crippen molar-refractivity contribution in [2.45, 2.75) is 6.54 Å². The summed E-state index contributed by atoms with van der Waals surface area (Å²) in [5.41, 5.74) is 0.838. The first-order valence-electron chi connectivity index (χ1n) is 5.08. The van der Waals surface area contributed by atoms with Crippen molar-refractivity contribution >= 4 is 38.7 Å². The smallest absolute Gasteiger partial charge is 0.180 e. The summed E-state index contributed by atoms with van der Waals surface area (Å²) in [6.07, 6.45) is 5.55. The molecule has 0 aliphatic heterocycles. The second kappa shape index (κ2) is 4.46. The van der Waals surface area contributed by atoms with Gasteiger partial charge in [-0.25, -0.2) is 9.97 Å². The minimum atomic E-state index is 0.768. The van der Waals surface area contributed by atoms with Gasteiger partial charge < -0.3 is 9.72 Å². The summed E-state index contributed by atoms with van der Waals surface area (Å²) in [7, 11) is 0. The molecule has 0 unspecified atom stereocenters. The van der Waals surface area contributed by atoms with Crippen molar-refractivity contribution in [3.63, 3.8) is 0 Å². The Hall–Kier alpha value is -1.40. The molecule has 4 nitrogen and oxygen atoms in total. The zero-order valence-corrected chi connectivity index (χ0v) is 11.2. The van der Waals surface area contributed by atoms with Gasteiger partial charge in [0.05, 0.1) is 6.54 Å². The summed E-state index contributed by atoms with van der Waals surface area (Å²) in [4.78, 5) is 9.95. The van der Waals surface area contributed by atoms with E-state index >= 15 is 0 Å². The number of imidazole rings is 1. The van der Waals surface area contributed by atoms with E-state index in [0.29, 0.717) is 0 Å². The van der Waals surface area contributed by atoms with Gasteiger partial charge in [-0.05, 0) is 27.4 Å². The normalized spacial score (nSPS) is 10.9. The monoisotopic (exact) mass is 308 g/mol.